The van der Waals surface area contributed by atoms with E-state index in [-0.39, 0.29) is 11.8 Å². The number of hydrogen-bond acceptors (Lipinski definition) is 4. The quantitative estimate of drug-likeness (QED) is 0.740. The zero-order valence-electron chi connectivity index (χ0n) is 12.5. The molecule has 0 unspecified atom stereocenters. The monoisotopic (exact) mass is 305 g/mol. The lowest BCUT2D eigenvalue weighted by atomic mass is 9.87. The average Bonchev–Trinajstić information content (AvgIpc) is 3.01. The number of nitrogens with zero attached hydrogens (tertiary/aromatic N) is 3. The minimum absolute atomic E-state index is 0.0726. The average molecular weight is 305 g/mol. The maximum Gasteiger partial charge on any atom is 0.322 e. The zero-order chi connectivity index (χ0) is 15.7. The van der Waals surface area contributed by atoms with Gasteiger partial charge in [-0.25, -0.2) is 4.79 Å². The number of piperidine rings is 1. The van der Waals surface area contributed by atoms with E-state index in [1.54, 1.807) is 15.8 Å². The molecule has 2 fully saturated rings. The first kappa shape index (κ1) is 14.6. The smallest absolute Gasteiger partial charge is 0.322 e. The molecule has 0 aliphatic carbocycles. The molecule has 22 heavy (non-hydrogen) atoms. The number of aryl methyl sites for hydroxylation is 2. The van der Waals surface area contributed by atoms with Crippen LogP contribution in [0.4, 0.5) is 4.79 Å². The lowest BCUT2D eigenvalue weighted by molar-refractivity contribution is -0.135. The minimum atomic E-state index is -0.822. The van der Waals surface area contributed by atoms with Gasteiger partial charge in [0.25, 0.3) is 5.91 Å². The van der Waals surface area contributed by atoms with Crippen LogP contribution in [-0.2, 0) is 23.1 Å². The summed E-state index contributed by atoms with van der Waals surface area (Å²) in [5, 5.41) is 9.04. The van der Waals surface area contributed by atoms with E-state index in [0.29, 0.717) is 38.8 Å². The summed E-state index contributed by atoms with van der Waals surface area (Å²) in [6, 6.07) is -0.443. The van der Waals surface area contributed by atoms with Crippen molar-refractivity contribution in [1.29, 1.82) is 0 Å². The highest BCUT2D eigenvalue weighted by atomic mass is 16.2. The van der Waals surface area contributed by atoms with E-state index in [9.17, 15) is 14.4 Å². The lowest BCUT2D eigenvalue weighted by Crippen LogP contribution is -2.55. The Morgan fingerprint density at radius 3 is 2.64 bits per heavy atom. The molecular weight excluding hydrogens is 286 g/mol. The van der Waals surface area contributed by atoms with Crippen molar-refractivity contribution in [1.82, 2.24) is 25.3 Å². The Kier molecular flexibility index (Phi) is 3.59. The van der Waals surface area contributed by atoms with E-state index >= 15 is 0 Å². The number of nitrogens with one attached hydrogen (secondary N) is 2. The van der Waals surface area contributed by atoms with Crippen molar-refractivity contribution >= 4 is 17.8 Å². The van der Waals surface area contributed by atoms with Crippen molar-refractivity contribution in [3.8, 4) is 0 Å². The minimum Gasteiger partial charge on any atom is -0.342 e. The molecule has 0 saturated carbocycles. The number of carbonyl (C=O) groups is 3. The Labute approximate surface area is 127 Å². The Morgan fingerprint density at radius 1 is 1.36 bits per heavy atom. The number of amides is 4. The summed E-state index contributed by atoms with van der Waals surface area (Å²) >= 11 is 0. The van der Waals surface area contributed by atoms with Crippen molar-refractivity contribution in [3.63, 3.8) is 0 Å². The highest BCUT2D eigenvalue weighted by molar-refractivity contribution is 6.07. The summed E-state index contributed by atoms with van der Waals surface area (Å²) in [5.74, 6) is -0.205. The predicted octanol–water partition coefficient (Wildman–Crippen LogP) is -0.447. The number of urea groups is 1. The van der Waals surface area contributed by atoms with Gasteiger partial charge < -0.3 is 10.2 Å². The van der Waals surface area contributed by atoms with Crippen LogP contribution in [0.2, 0.25) is 0 Å². The van der Waals surface area contributed by atoms with E-state index < -0.39 is 11.6 Å². The van der Waals surface area contributed by atoms with Gasteiger partial charge in [-0.05, 0) is 24.8 Å². The summed E-state index contributed by atoms with van der Waals surface area (Å²) in [4.78, 5) is 37.1. The summed E-state index contributed by atoms with van der Waals surface area (Å²) < 4.78 is 1.71. The van der Waals surface area contributed by atoms with Crippen molar-refractivity contribution < 1.29 is 14.4 Å². The van der Waals surface area contributed by atoms with Crippen LogP contribution in [0.15, 0.2) is 12.4 Å². The maximum atomic E-state index is 12.2. The highest BCUT2D eigenvalue weighted by Crippen LogP contribution is 2.25. The fourth-order valence-electron chi connectivity index (χ4n) is 3.03. The van der Waals surface area contributed by atoms with Gasteiger partial charge in [-0.1, -0.05) is 0 Å². The van der Waals surface area contributed by atoms with Gasteiger partial charge in [0, 0.05) is 32.8 Å². The van der Waals surface area contributed by atoms with Crippen LogP contribution < -0.4 is 10.6 Å². The number of likely N-dealkylation sites (tertiary alicyclic amines) is 1. The largest absolute Gasteiger partial charge is 0.342 e. The van der Waals surface area contributed by atoms with Crippen LogP contribution >= 0.6 is 0 Å². The molecule has 0 atom stereocenters. The predicted molar refractivity (Wildman–Crippen MR) is 76.7 cm³/mol. The molecule has 8 heteroatoms. The Bertz CT molecular complexity index is 616. The zero-order valence-corrected chi connectivity index (χ0v) is 12.5. The molecule has 0 radical (unpaired) electrons. The van der Waals surface area contributed by atoms with Gasteiger partial charge in [0.05, 0.1) is 6.20 Å². The molecule has 3 heterocycles. The second-order valence-corrected chi connectivity index (χ2v) is 5.89. The van der Waals surface area contributed by atoms with Gasteiger partial charge in [-0.15, -0.1) is 0 Å². The molecule has 1 aromatic heterocycles. The van der Waals surface area contributed by atoms with Gasteiger partial charge in [-0.3, -0.25) is 19.6 Å². The fraction of sp³-hybridized carbons (Fsp3) is 0.571. The number of rotatable bonds is 3. The van der Waals surface area contributed by atoms with Gasteiger partial charge in [0.1, 0.15) is 5.54 Å². The van der Waals surface area contributed by atoms with Crippen LogP contribution in [-0.4, -0.2) is 51.2 Å². The van der Waals surface area contributed by atoms with Crippen LogP contribution in [0.3, 0.4) is 0 Å². The molecule has 2 aliphatic heterocycles. The third kappa shape index (κ3) is 2.68. The molecular formula is C14H19N5O3. The van der Waals surface area contributed by atoms with E-state index in [4.69, 9.17) is 0 Å². The number of carbonyl (C=O) groups excluding carboxylic acids is 3. The maximum absolute atomic E-state index is 12.2. The third-order valence-corrected chi connectivity index (χ3v) is 4.37. The van der Waals surface area contributed by atoms with Crippen molar-refractivity contribution in [2.75, 3.05) is 13.1 Å². The molecule has 118 valence electrons. The van der Waals surface area contributed by atoms with Crippen LogP contribution in [0.1, 0.15) is 24.8 Å². The van der Waals surface area contributed by atoms with E-state index in [0.717, 1.165) is 5.56 Å². The molecule has 0 aromatic carbocycles. The van der Waals surface area contributed by atoms with E-state index in [2.05, 4.69) is 15.7 Å². The van der Waals surface area contributed by atoms with Crippen LogP contribution in [0, 0.1) is 0 Å². The first-order chi connectivity index (χ1) is 10.5. The summed E-state index contributed by atoms with van der Waals surface area (Å²) in [6.07, 6.45) is 5.67. The lowest BCUT2D eigenvalue weighted by Gasteiger charge is -2.37. The molecule has 2 saturated heterocycles. The third-order valence-electron chi connectivity index (χ3n) is 4.37. The van der Waals surface area contributed by atoms with Gasteiger partial charge >= 0.3 is 6.03 Å². The standard InChI is InChI=1S/C14H19N5O3/c1-18-9-10(8-15-18)2-3-11(20)19-6-4-14(5-7-19)12(21)16-13(22)17-14/h8-9H,2-7H2,1H3,(H2,16,17,21,22). The van der Waals surface area contributed by atoms with Gasteiger partial charge in [0.2, 0.25) is 5.91 Å². The first-order valence-corrected chi connectivity index (χ1v) is 7.37. The van der Waals surface area contributed by atoms with E-state index in [1.807, 2.05) is 13.2 Å². The van der Waals surface area contributed by atoms with Gasteiger partial charge in [0.15, 0.2) is 0 Å². The molecule has 3 rings (SSSR count). The SMILES string of the molecule is Cn1cc(CCC(=O)N2CCC3(CC2)NC(=O)NC3=O)cn1. The van der Waals surface area contributed by atoms with E-state index in [1.165, 1.54) is 0 Å². The molecule has 8 nitrogen and oxygen atoms in total. The topological polar surface area (TPSA) is 96.3 Å². The molecule has 1 spiro atoms. The van der Waals surface area contributed by atoms with Crippen LogP contribution in [0.5, 0.6) is 0 Å². The fourth-order valence-corrected chi connectivity index (χ4v) is 3.03. The first-order valence-electron chi connectivity index (χ1n) is 7.37. The van der Waals surface area contributed by atoms with Crippen molar-refractivity contribution in [2.45, 2.75) is 31.2 Å². The molecule has 1 aromatic rings. The summed E-state index contributed by atoms with van der Waals surface area (Å²) in [6.45, 7) is 0.971. The summed E-state index contributed by atoms with van der Waals surface area (Å²) in [7, 11) is 1.84. The Morgan fingerprint density at radius 2 is 2.09 bits per heavy atom. The highest BCUT2D eigenvalue weighted by Gasteiger charge is 2.48. The Balaban J connectivity index is 1.52. The van der Waals surface area contributed by atoms with Crippen LogP contribution in [0.25, 0.3) is 0 Å². The number of imide groups is 1. The second-order valence-electron chi connectivity index (χ2n) is 5.89. The number of hydrogen-bond donors (Lipinski definition) is 2. The number of aromatic nitrogens is 2. The second kappa shape index (κ2) is 5.43. The van der Waals surface area contributed by atoms with Gasteiger partial charge in [-0.2, -0.15) is 5.10 Å². The molecule has 0 bridgehead atoms. The summed E-state index contributed by atoms with van der Waals surface area (Å²) in [5.41, 5.74) is 0.212. The molecule has 4 amide bonds. The van der Waals surface area contributed by atoms with Crippen molar-refractivity contribution in [2.24, 2.45) is 7.05 Å². The molecule has 2 N–H and O–H groups in total. The van der Waals surface area contributed by atoms with Crippen molar-refractivity contribution in [3.05, 3.63) is 18.0 Å². The Hall–Kier alpha value is -2.38. The molecule has 2 aliphatic rings. The normalized spacial score (nSPS) is 20.1.